The molecule has 150 valence electrons. The van der Waals surface area contributed by atoms with Gasteiger partial charge in [-0.05, 0) is 12.0 Å². The zero-order valence-electron chi connectivity index (χ0n) is 15.7. The van der Waals surface area contributed by atoms with Gasteiger partial charge in [0.1, 0.15) is 0 Å². The minimum absolute atomic E-state index is 0.0471. The lowest BCUT2D eigenvalue weighted by atomic mass is 10.0. The van der Waals surface area contributed by atoms with Crippen LogP contribution in [0.4, 0.5) is 5.69 Å². The maximum Gasteiger partial charge on any atom is 0.271 e. The van der Waals surface area contributed by atoms with Crippen molar-refractivity contribution in [2.45, 2.75) is 24.8 Å². The Bertz CT molecular complexity index is 803. The van der Waals surface area contributed by atoms with E-state index in [2.05, 4.69) is 24.1 Å². The predicted molar refractivity (Wildman–Crippen MR) is 99.6 cm³/mol. The Hall–Kier alpha value is -2.04. The number of nitrogens with one attached hydrogen (secondary N) is 1. The van der Waals surface area contributed by atoms with Crippen LogP contribution < -0.4 is 5.32 Å². The van der Waals surface area contributed by atoms with E-state index >= 15 is 0 Å². The number of amides is 1. The van der Waals surface area contributed by atoms with Crippen LogP contribution in [0, 0.1) is 16.0 Å². The van der Waals surface area contributed by atoms with Crippen molar-refractivity contribution in [3.05, 3.63) is 33.9 Å². The lowest BCUT2D eigenvalue weighted by molar-refractivity contribution is -0.385. The molecule has 10 heteroatoms. The number of hydrogen-bond acceptors (Lipinski definition) is 7. The van der Waals surface area contributed by atoms with Gasteiger partial charge >= 0.3 is 0 Å². The fourth-order valence-electron chi connectivity index (χ4n) is 3.03. The molecule has 1 aromatic rings. The van der Waals surface area contributed by atoms with Gasteiger partial charge in [-0.2, -0.15) is 0 Å². The van der Waals surface area contributed by atoms with Crippen molar-refractivity contribution in [1.82, 2.24) is 10.2 Å². The highest BCUT2D eigenvalue weighted by Crippen LogP contribution is 2.21. The van der Waals surface area contributed by atoms with Gasteiger partial charge < -0.3 is 10.1 Å². The second-order valence-electron chi connectivity index (χ2n) is 6.91. The summed E-state index contributed by atoms with van der Waals surface area (Å²) in [5.74, 6) is -0.261. The van der Waals surface area contributed by atoms with Gasteiger partial charge in [-0.1, -0.05) is 13.8 Å². The van der Waals surface area contributed by atoms with E-state index in [0.717, 1.165) is 37.5 Å². The lowest BCUT2D eigenvalue weighted by Crippen LogP contribution is -2.51. The largest absolute Gasteiger partial charge is 0.379 e. The van der Waals surface area contributed by atoms with Gasteiger partial charge in [0.25, 0.3) is 11.6 Å². The summed E-state index contributed by atoms with van der Waals surface area (Å²) in [6.45, 7) is 7.29. The summed E-state index contributed by atoms with van der Waals surface area (Å²) in [5.41, 5.74) is -0.481. The number of morpholine rings is 1. The molecule has 1 saturated heterocycles. The Kier molecular flexibility index (Phi) is 6.90. The van der Waals surface area contributed by atoms with Gasteiger partial charge in [0.05, 0.1) is 23.0 Å². The molecule has 1 aromatic carbocycles. The number of sulfone groups is 1. The summed E-state index contributed by atoms with van der Waals surface area (Å²) >= 11 is 0. The summed E-state index contributed by atoms with van der Waals surface area (Å²) < 4.78 is 28.9. The number of non-ortho nitro benzene ring substituents is 1. The molecule has 2 rings (SSSR count). The van der Waals surface area contributed by atoms with Crippen LogP contribution >= 0.6 is 0 Å². The van der Waals surface area contributed by atoms with Gasteiger partial charge in [-0.15, -0.1) is 0 Å². The average molecular weight is 399 g/mol. The van der Waals surface area contributed by atoms with Crippen molar-refractivity contribution >= 4 is 21.4 Å². The van der Waals surface area contributed by atoms with Crippen LogP contribution in [0.2, 0.25) is 0 Å². The Labute approximate surface area is 158 Å². The third kappa shape index (κ3) is 5.72. The first-order valence-electron chi connectivity index (χ1n) is 8.69. The molecule has 1 fully saturated rings. The fraction of sp³-hybridized carbons (Fsp3) is 0.588. The minimum Gasteiger partial charge on any atom is -0.379 e. The highest BCUT2D eigenvalue weighted by atomic mass is 32.2. The van der Waals surface area contributed by atoms with E-state index in [1.165, 1.54) is 0 Å². The molecular formula is C17H25N3O6S. The number of hydrogen-bond donors (Lipinski definition) is 1. The maximum absolute atomic E-state index is 12.5. The molecule has 0 spiro atoms. The Morgan fingerprint density at radius 3 is 2.44 bits per heavy atom. The smallest absolute Gasteiger partial charge is 0.271 e. The van der Waals surface area contributed by atoms with Gasteiger partial charge in [0.2, 0.25) is 0 Å². The summed E-state index contributed by atoms with van der Waals surface area (Å²) in [7, 11) is -3.68. The van der Waals surface area contributed by atoms with Crippen LogP contribution in [-0.4, -0.2) is 69.3 Å². The summed E-state index contributed by atoms with van der Waals surface area (Å²) in [6.07, 6.45) is 0.945. The number of ether oxygens (including phenoxy) is 1. The highest BCUT2D eigenvalue weighted by molar-refractivity contribution is 7.90. The second-order valence-corrected chi connectivity index (χ2v) is 8.93. The lowest BCUT2D eigenvalue weighted by Gasteiger charge is -2.36. The third-order valence-corrected chi connectivity index (χ3v) is 5.64. The van der Waals surface area contributed by atoms with E-state index in [0.29, 0.717) is 19.8 Å². The van der Waals surface area contributed by atoms with Crippen LogP contribution in [0.5, 0.6) is 0 Å². The van der Waals surface area contributed by atoms with E-state index in [9.17, 15) is 23.3 Å². The SMILES string of the molecule is CC(C)C(CNC(=O)c1cc([N+](=O)[O-])cc(S(C)(=O)=O)c1)N1CCOCC1. The predicted octanol–water partition coefficient (Wildman–Crippen LogP) is 1.08. The number of benzene rings is 1. The Morgan fingerprint density at radius 1 is 1.30 bits per heavy atom. The number of nitro groups is 1. The van der Waals surface area contributed by atoms with Crippen LogP contribution in [0.3, 0.4) is 0 Å². The minimum atomic E-state index is -3.68. The average Bonchev–Trinajstić information content (AvgIpc) is 2.61. The molecule has 1 heterocycles. The van der Waals surface area contributed by atoms with Crippen molar-refractivity contribution in [2.75, 3.05) is 39.1 Å². The standard InChI is InChI=1S/C17H25N3O6S/c1-12(2)16(19-4-6-26-7-5-19)11-18-17(21)13-8-14(20(22)23)10-15(9-13)27(3,24)25/h8-10,12,16H,4-7,11H2,1-3H3,(H,18,21). The van der Waals surface area contributed by atoms with E-state index in [4.69, 9.17) is 4.74 Å². The van der Waals surface area contributed by atoms with Gasteiger partial charge in [0.15, 0.2) is 9.84 Å². The first-order chi connectivity index (χ1) is 12.6. The topological polar surface area (TPSA) is 119 Å². The molecule has 0 aliphatic carbocycles. The molecule has 0 saturated carbocycles. The molecule has 1 unspecified atom stereocenters. The number of rotatable bonds is 7. The number of carbonyl (C=O) groups excluding carboxylic acids is 1. The Balaban J connectivity index is 2.18. The van der Waals surface area contributed by atoms with Crippen molar-refractivity contribution in [3.63, 3.8) is 0 Å². The fourth-order valence-corrected chi connectivity index (χ4v) is 3.70. The first kappa shape index (κ1) is 21.3. The molecule has 1 atom stereocenters. The molecule has 27 heavy (non-hydrogen) atoms. The van der Waals surface area contributed by atoms with Gasteiger partial charge in [-0.25, -0.2) is 8.42 Å². The molecule has 0 bridgehead atoms. The Morgan fingerprint density at radius 2 is 1.93 bits per heavy atom. The van der Waals surface area contributed by atoms with Crippen molar-refractivity contribution in [3.8, 4) is 0 Å². The number of nitrogens with zero attached hydrogens (tertiary/aromatic N) is 2. The number of carbonyl (C=O) groups is 1. The third-order valence-electron chi connectivity index (χ3n) is 4.55. The van der Waals surface area contributed by atoms with E-state index in [-0.39, 0.29) is 22.4 Å². The monoisotopic (exact) mass is 399 g/mol. The molecule has 1 aliphatic rings. The van der Waals surface area contributed by atoms with E-state index in [1.54, 1.807) is 0 Å². The summed E-state index contributed by atoms with van der Waals surface area (Å²) in [4.78, 5) is 24.9. The molecule has 1 amide bonds. The van der Waals surface area contributed by atoms with Gasteiger partial charge in [0, 0.05) is 49.6 Å². The normalized spacial score (nSPS) is 16.9. The van der Waals surface area contributed by atoms with Gasteiger partial charge in [-0.3, -0.25) is 19.8 Å². The molecule has 1 N–H and O–H groups in total. The quantitative estimate of drug-likeness (QED) is 0.538. The van der Waals surface area contributed by atoms with Crippen LogP contribution in [0.25, 0.3) is 0 Å². The van der Waals surface area contributed by atoms with Crippen molar-refractivity contribution in [2.24, 2.45) is 5.92 Å². The maximum atomic E-state index is 12.5. The van der Waals surface area contributed by atoms with Crippen molar-refractivity contribution in [1.29, 1.82) is 0 Å². The van der Waals surface area contributed by atoms with Crippen LogP contribution in [-0.2, 0) is 14.6 Å². The molecule has 1 aliphatic heterocycles. The van der Waals surface area contributed by atoms with E-state index < -0.39 is 26.4 Å². The second kappa shape index (κ2) is 8.77. The molecule has 0 aromatic heterocycles. The first-order valence-corrected chi connectivity index (χ1v) is 10.6. The summed E-state index contributed by atoms with van der Waals surface area (Å²) in [5, 5.41) is 13.9. The zero-order valence-corrected chi connectivity index (χ0v) is 16.5. The molecule has 0 radical (unpaired) electrons. The summed E-state index contributed by atoms with van der Waals surface area (Å²) in [6, 6.07) is 3.29. The molecule has 9 nitrogen and oxygen atoms in total. The van der Waals surface area contributed by atoms with Crippen molar-refractivity contribution < 1.29 is 22.9 Å². The van der Waals surface area contributed by atoms with Crippen LogP contribution in [0.15, 0.2) is 23.1 Å². The van der Waals surface area contributed by atoms with E-state index in [1.807, 2.05) is 0 Å². The number of nitro benzene ring substituents is 1. The zero-order chi connectivity index (χ0) is 20.2. The highest BCUT2D eigenvalue weighted by Gasteiger charge is 2.25. The van der Waals surface area contributed by atoms with Crippen LogP contribution in [0.1, 0.15) is 24.2 Å². The molecular weight excluding hydrogens is 374 g/mol.